The van der Waals surface area contributed by atoms with Gasteiger partial charge in [-0.2, -0.15) is 0 Å². The predicted octanol–water partition coefficient (Wildman–Crippen LogP) is 2.05. The summed E-state index contributed by atoms with van der Waals surface area (Å²) in [5, 5.41) is 3.80. The zero-order valence-electron chi connectivity index (χ0n) is 16.9. The first-order valence-corrected chi connectivity index (χ1v) is 11.1. The molecule has 1 saturated heterocycles. The number of fused-ring (bicyclic) bond motifs is 1. The number of nitrogens with one attached hydrogen (secondary N) is 1. The highest BCUT2D eigenvalue weighted by molar-refractivity contribution is 7.21. The van der Waals surface area contributed by atoms with Gasteiger partial charge in [-0.25, -0.2) is 9.97 Å². The maximum Gasteiger partial charge on any atom is 0.223 e. The lowest BCUT2D eigenvalue weighted by Crippen LogP contribution is -2.36. The lowest BCUT2D eigenvalue weighted by atomic mass is 10.2. The van der Waals surface area contributed by atoms with Crippen molar-refractivity contribution in [3.63, 3.8) is 0 Å². The van der Waals surface area contributed by atoms with Gasteiger partial charge in [0.05, 0.1) is 0 Å². The molecule has 0 aromatic carbocycles. The maximum absolute atomic E-state index is 12.5. The van der Waals surface area contributed by atoms with Crippen LogP contribution in [0.4, 0.5) is 5.13 Å². The van der Waals surface area contributed by atoms with Gasteiger partial charge in [-0.1, -0.05) is 11.3 Å². The quantitative estimate of drug-likeness (QED) is 0.626. The van der Waals surface area contributed by atoms with Crippen molar-refractivity contribution >= 4 is 38.6 Å². The number of rotatable bonds is 9. The van der Waals surface area contributed by atoms with Crippen LogP contribution in [-0.2, 0) is 14.3 Å². The summed E-state index contributed by atoms with van der Waals surface area (Å²) in [5.41, 5.74) is 0.914. The Morgan fingerprint density at radius 1 is 1.24 bits per heavy atom. The third-order valence-corrected chi connectivity index (χ3v) is 5.87. The molecular weight excluding hydrogens is 390 g/mol. The monoisotopic (exact) mass is 419 g/mol. The molecule has 2 aromatic rings. The second-order valence-corrected chi connectivity index (χ2v) is 7.90. The highest BCUT2D eigenvalue weighted by Gasteiger charge is 2.21. The highest BCUT2D eigenvalue weighted by Crippen LogP contribution is 2.27. The van der Waals surface area contributed by atoms with Crippen LogP contribution in [-0.4, -0.2) is 72.6 Å². The third kappa shape index (κ3) is 6.37. The van der Waals surface area contributed by atoms with E-state index in [0.29, 0.717) is 32.8 Å². The van der Waals surface area contributed by atoms with Crippen molar-refractivity contribution in [3.05, 3.63) is 18.3 Å². The molecule has 1 fully saturated rings. The van der Waals surface area contributed by atoms with Gasteiger partial charge in [-0.05, 0) is 31.9 Å². The van der Waals surface area contributed by atoms with Gasteiger partial charge in [0.15, 0.2) is 5.13 Å². The standard InChI is InChI=1S/C20H29N5O3S/c1-2-28-15-4-10-21-17(26)7-8-18(27)24-11-5-12-25(14-13-24)20-23-16-6-3-9-22-19(16)29-20/h3,6,9H,2,4-5,7-8,10-15H2,1H3,(H,21,26). The minimum absolute atomic E-state index is 0.0438. The Morgan fingerprint density at radius 3 is 2.97 bits per heavy atom. The van der Waals surface area contributed by atoms with Gasteiger partial charge in [-0.15, -0.1) is 0 Å². The molecule has 0 saturated carbocycles. The SMILES string of the molecule is CCOCCCNC(=O)CCC(=O)N1CCCN(c2nc3cccnc3s2)CC1. The van der Waals surface area contributed by atoms with Crippen molar-refractivity contribution in [1.82, 2.24) is 20.2 Å². The lowest BCUT2D eigenvalue weighted by molar-refractivity contribution is -0.133. The van der Waals surface area contributed by atoms with Gasteiger partial charge >= 0.3 is 0 Å². The number of pyridine rings is 1. The van der Waals surface area contributed by atoms with Crippen molar-refractivity contribution in [1.29, 1.82) is 0 Å². The first-order valence-electron chi connectivity index (χ1n) is 10.3. The number of hydrogen-bond donors (Lipinski definition) is 1. The Hall–Kier alpha value is -2.26. The Morgan fingerprint density at radius 2 is 2.14 bits per heavy atom. The number of carbonyl (C=O) groups excluding carboxylic acids is 2. The Bertz CT molecular complexity index is 779. The number of aromatic nitrogens is 2. The molecular formula is C20H29N5O3S. The first-order chi connectivity index (χ1) is 14.2. The summed E-state index contributed by atoms with van der Waals surface area (Å²) in [7, 11) is 0. The predicted molar refractivity (Wildman–Crippen MR) is 114 cm³/mol. The third-order valence-electron chi connectivity index (χ3n) is 4.83. The molecule has 158 valence electrons. The fraction of sp³-hybridized carbons (Fsp3) is 0.600. The molecule has 3 rings (SSSR count). The topological polar surface area (TPSA) is 87.7 Å². The van der Waals surface area contributed by atoms with Crippen LogP contribution in [0, 0.1) is 0 Å². The highest BCUT2D eigenvalue weighted by atomic mass is 32.1. The fourth-order valence-corrected chi connectivity index (χ4v) is 4.23. The zero-order valence-corrected chi connectivity index (χ0v) is 17.7. The van der Waals surface area contributed by atoms with E-state index >= 15 is 0 Å². The van der Waals surface area contributed by atoms with Crippen LogP contribution in [0.1, 0.15) is 32.6 Å². The molecule has 1 N–H and O–H groups in total. The van der Waals surface area contributed by atoms with E-state index in [9.17, 15) is 9.59 Å². The van der Waals surface area contributed by atoms with Crippen LogP contribution in [0.25, 0.3) is 10.3 Å². The fourth-order valence-electron chi connectivity index (χ4n) is 3.27. The molecule has 0 radical (unpaired) electrons. The van der Waals surface area contributed by atoms with Crippen LogP contribution in [0.15, 0.2) is 18.3 Å². The van der Waals surface area contributed by atoms with Gasteiger partial charge in [0.2, 0.25) is 11.8 Å². The second-order valence-electron chi connectivity index (χ2n) is 6.95. The van der Waals surface area contributed by atoms with Crippen LogP contribution in [0.2, 0.25) is 0 Å². The lowest BCUT2D eigenvalue weighted by Gasteiger charge is -2.21. The second kappa shape index (κ2) is 11.1. The van der Waals surface area contributed by atoms with E-state index in [1.165, 1.54) is 0 Å². The average Bonchev–Trinajstić information content (AvgIpc) is 3.01. The molecule has 1 aliphatic heterocycles. The molecule has 0 spiro atoms. The van der Waals surface area contributed by atoms with E-state index in [2.05, 4.69) is 20.2 Å². The minimum atomic E-state index is -0.0757. The molecule has 0 atom stereocenters. The van der Waals surface area contributed by atoms with E-state index in [1.54, 1.807) is 17.5 Å². The van der Waals surface area contributed by atoms with Crippen LogP contribution < -0.4 is 10.2 Å². The van der Waals surface area contributed by atoms with Crippen molar-refractivity contribution < 1.29 is 14.3 Å². The summed E-state index contributed by atoms with van der Waals surface area (Å²) in [6, 6.07) is 3.86. The number of nitrogens with zero attached hydrogens (tertiary/aromatic N) is 4. The minimum Gasteiger partial charge on any atom is -0.382 e. The molecule has 2 aromatic heterocycles. The summed E-state index contributed by atoms with van der Waals surface area (Å²) >= 11 is 1.59. The molecule has 8 nitrogen and oxygen atoms in total. The van der Waals surface area contributed by atoms with Crippen molar-refractivity contribution in [2.75, 3.05) is 50.8 Å². The molecule has 29 heavy (non-hydrogen) atoms. The van der Waals surface area contributed by atoms with E-state index < -0.39 is 0 Å². The van der Waals surface area contributed by atoms with Crippen molar-refractivity contribution in [2.45, 2.75) is 32.6 Å². The summed E-state index contributed by atoms with van der Waals surface area (Å²) in [5.74, 6) is -0.0319. The molecule has 0 bridgehead atoms. The molecule has 0 aliphatic carbocycles. The number of hydrogen-bond acceptors (Lipinski definition) is 7. The molecule has 2 amide bonds. The number of amides is 2. The van der Waals surface area contributed by atoms with Crippen molar-refractivity contribution in [3.8, 4) is 0 Å². The summed E-state index contributed by atoms with van der Waals surface area (Å²) < 4.78 is 5.24. The zero-order chi connectivity index (χ0) is 20.5. The molecule has 1 aliphatic rings. The number of anilines is 1. The van der Waals surface area contributed by atoms with Gasteiger partial charge in [0.1, 0.15) is 10.3 Å². The van der Waals surface area contributed by atoms with E-state index in [4.69, 9.17) is 4.74 Å². The summed E-state index contributed by atoms with van der Waals surface area (Å²) in [6.07, 6.45) is 3.94. The van der Waals surface area contributed by atoms with Gasteiger partial charge in [-0.3, -0.25) is 9.59 Å². The Balaban J connectivity index is 1.41. The maximum atomic E-state index is 12.5. The number of carbonyl (C=O) groups is 2. The van der Waals surface area contributed by atoms with Crippen LogP contribution in [0.5, 0.6) is 0 Å². The molecule has 0 unspecified atom stereocenters. The first kappa shape index (κ1) is 21.4. The van der Waals surface area contributed by atoms with E-state index in [-0.39, 0.29) is 24.7 Å². The Kier molecular flexibility index (Phi) is 8.18. The summed E-state index contributed by atoms with van der Waals surface area (Å²) in [4.78, 5) is 38.5. The summed E-state index contributed by atoms with van der Waals surface area (Å²) in [6.45, 7) is 6.84. The smallest absolute Gasteiger partial charge is 0.223 e. The molecule has 3 heterocycles. The number of ether oxygens (including phenoxy) is 1. The van der Waals surface area contributed by atoms with Crippen molar-refractivity contribution in [2.24, 2.45) is 0 Å². The average molecular weight is 420 g/mol. The number of thiazole rings is 1. The largest absolute Gasteiger partial charge is 0.382 e. The normalized spacial score (nSPS) is 14.8. The van der Waals surface area contributed by atoms with Crippen LogP contribution in [0.3, 0.4) is 0 Å². The van der Waals surface area contributed by atoms with E-state index in [1.807, 2.05) is 24.0 Å². The van der Waals surface area contributed by atoms with Gasteiger partial charge in [0.25, 0.3) is 0 Å². The van der Waals surface area contributed by atoms with Gasteiger partial charge in [0, 0.05) is 65.0 Å². The van der Waals surface area contributed by atoms with E-state index in [0.717, 1.165) is 41.4 Å². The Labute approximate surface area is 175 Å². The van der Waals surface area contributed by atoms with Crippen LogP contribution >= 0.6 is 11.3 Å². The molecule has 9 heteroatoms. The van der Waals surface area contributed by atoms with Gasteiger partial charge < -0.3 is 19.9 Å².